The van der Waals surface area contributed by atoms with E-state index in [9.17, 15) is 13.2 Å². The lowest BCUT2D eigenvalue weighted by Gasteiger charge is -2.24. The van der Waals surface area contributed by atoms with Gasteiger partial charge in [0.05, 0.1) is 0 Å². The van der Waals surface area contributed by atoms with E-state index in [0.717, 1.165) is 19.3 Å². The Morgan fingerprint density at radius 2 is 2.18 bits per heavy atom. The van der Waals surface area contributed by atoms with E-state index in [1.54, 1.807) is 4.90 Å². The van der Waals surface area contributed by atoms with Crippen LogP contribution in [-0.4, -0.2) is 36.5 Å². The van der Waals surface area contributed by atoms with Gasteiger partial charge in [-0.25, -0.2) is 0 Å². The summed E-state index contributed by atoms with van der Waals surface area (Å²) >= 11 is 0. The fourth-order valence-corrected chi connectivity index (χ4v) is 2.36. The molecule has 0 amide bonds. The van der Waals surface area contributed by atoms with Crippen LogP contribution in [0.15, 0.2) is 0 Å². The van der Waals surface area contributed by atoms with Gasteiger partial charge < -0.3 is 10.6 Å². The summed E-state index contributed by atoms with van der Waals surface area (Å²) in [5.41, 5.74) is 5.03. The second-order valence-electron chi connectivity index (χ2n) is 4.75. The Bertz CT molecular complexity index is 265. The van der Waals surface area contributed by atoms with Crippen molar-refractivity contribution >= 4 is 5.84 Å². The molecule has 0 bridgehead atoms. The third kappa shape index (κ3) is 4.18. The van der Waals surface area contributed by atoms with Gasteiger partial charge in [-0.05, 0) is 25.3 Å². The van der Waals surface area contributed by atoms with E-state index in [1.807, 2.05) is 0 Å². The van der Waals surface area contributed by atoms with E-state index in [4.69, 9.17) is 11.1 Å². The quantitative estimate of drug-likeness (QED) is 0.581. The maximum atomic E-state index is 12.6. The van der Waals surface area contributed by atoms with Gasteiger partial charge in [-0.1, -0.05) is 13.3 Å². The Labute approximate surface area is 99.7 Å². The Kier molecular flexibility index (Phi) is 4.80. The van der Waals surface area contributed by atoms with Crippen molar-refractivity contribution in [3.8, 4) is 0 Å². The molecule has 2 atom stereocenters. The van der Waals surface area contributed by atoms with E-state index in [2.05, 4.69) is 6.92 Å². The maximum Gasteiger partial charge on any atom is 0.399 e. The number of rotatable bonds is 5. The van der Waals surface area contributed by atoms with Crippen LogP contribution in [0.2, 0.25) is 0 Å². The first-order valence-corrected chi connectivity index (χ1v) is 5.97. The van der Waals surface area contributed by atoms with Gasteiger partial charge in [-0.3, -0.25) is 5.41 Å². The molecule has 17 heavy (non-hydrogen) atoms. The molecular formula is C11H20F3N3. The zero-order chi connectivity index (χ0) is 13.1. The van der Waals surface area contributed by atoms with E-state index < -0.39 is 17.9 Å². The number of likely N-dealkylation sites (tertiary alicyclic amines) is 1. The summed E-state index contributed by atoms with van der Waals surface area (Å²) in [6.45, 7) is 3.30. The molecule has 0 saturated carbocycles. The van der Waals surface area contributed by atoms with Crippen LogP contribution in [0, 0.1) is 17.2 Å². The lowest BCUT2D eigenvalue weighted by molar-refractivity contribution is -0.159. The Balaban J connectivity index is 2.50. The topological polar surface area (TPSA) is 53.1 Å². The molecule has 0 radical (unpaired) electrons. The molecular weight excluding hydrogens is 231 g/mol. The summed E-state index contributed by atoms with van der Waals surface area (Å²) in [6.07, 6.45) is -1.33. The van der Waals surface area contributed by atoms with Crippen LogP contribution in [0.1, 0.15) is 26.2 Å². The van der Waals surface area contributed by atoms with Gasteiger partial charge >= 0.3 is 6.18 Å². The fraction of sp³-hybridized carbons (Fsp3) is 0.909. The molecule has 2 unspecified atom stereocenters. The number of hydrogen-bond donors (Lipinski definition) is 2. The number of hydrogen-bond acceptors (Lipinski definition) is 2. The second-order valence-corrected chi connectivity index (χ2v) is 4.75. The van der Waals surface area contributed by atoms with Gasteiger partial charge in [0.2, 0.25) is 0 Å². The second kappa shape index (κ2) is 5.71. The minimum atomic E-state index is -4.41. The van der Waals surface area contributed by atoms with Gasteiger partial charge in [-0.2, -0.15) is 13.2 Å². The number of nitrogens with zero attached hydrogens (tertiary/aromatic N) is 1. The predicted molar refractivity (Wildman–Crippen MR) is 60.9 cm³/mol. The van der Waals surface area contributed by atoms with Crippen LogP contribution in [0.25, 0.3) is 0 Å². The summed E-state index contributed by atoms with van der Waals surface area (Å²) < 4.78 is 37.9. The summed E-state index contributed by atoms with van der Waals surface area (Å²) in [7, 11) is 0. The van der Waals surface area contributed by atoms with Gasteiger partial charge in [0, 0.05) is 13.1 Å². The molecule has 1 rings (SSSR count). The minimum absolute atomic E-state index is 0.168. The highest BCUT2D eigenvalue weighted by molar-refractivity contribution is 5.80. The van der Waals surface area contributed by atoms with Crippen molar-refractivity contribution in [3.05, 3.63) is 0 Å². The van der Waals surface area contributed by atoms with Gasteiger partial charge in [0.1, 0.15) is 11.8 Å². The number of nitrogens with two attached hydrogens (primary N) is 1. The third-order valence-corrected chi connectivity index (χ3v) is 3.28. The van der Waals surface area contributed by atoms with Crippen molar-refractivity contribution in [2.45, 2.75) is 32.4 Å². The molecule has 0 aromatic rings. The molecule has 3 nitrogen and oxygen atoms in total. The van der Waals surface area contributed by atoms with E-state index in [0.29, 0.717) is 19.0 Å². The first-order chi connectivity index (χ1) is 7.84. The lowest BCUT2D eigenvalue weighted by atomic mass is 10.0. The smallest absolute Gasteiger partial charge is 0.387 e. The van der Waals surface area contributed by atoms with E-state index >= 15 is 0 Å². The maximum absolute atomic E-state index is 12.6. The standard InChI is InChI=1S/C11H20F3N3/c1-2-3-8-4-5-17(6-8)7-9(10(15)16)11(12,13)14/h8-9H,2-7H2,1H3,(H3,15,16). The van der Waals surface area contributed by atoms with Crippen molar-refractivity contribution in [2.75, 3.05) is 19.6 Å². The monoisotopic (exact) mass is 251 g/mol. The molecule has 6 heteroatoms. The zero-order valence-corrected chi connectivity index (χ0v) is 10.1. The van der Waals surface area contributed by atoms with Crippen LogP contribution in [0.3, 0.4) is 0 Å². The highest BCUT2D eigenvalue weighted by Crippen LogP contribution is 2.29. The fourth-order valence-electron chi connectivity index (χ4n) is 2.36. The molecule has 1 heterocycles. The van der Waals surface area contributed by atoms with Crippen molar-refractivity contribution < 1.29 is 13.2 Å². The largest absolute Gasteiger partial charge is 0.399 e. The molecule has 1 fully saturated rings. The number of nitrogens with one attached hydrogen (secondary N) is 1. The summed E-state index contributed by atoms with van der Waals surface area (Å²) in [5, 5.41) is 7.03. The number of amidine groups is 1. The number of halogens is 3. The number of alkyl halides is 3. The molecule has 0 spiro atoms. The predicted octanol–water partition coefficient (Wildman–Crippen LogP) is 2.22. The normalized spacial score (nSPS) is 23.9. The van der Waals surface area contributed by atoms with E-state index in [1.165, 1.54) is 0 Å². The summed E-state index contributed by atoms with van der Waals surface area (Å²) in [6, 6.07) is 0. The highest BCUT2D eigenvalue weighted by Gasteiger charge is 2.43. The average molecular weight is 251 g/mol. The zero-order valence-electron chi connectivity index (χ0n) is 10.1. The first kappa shape index (κ1) is 14.3. The van der Waals surface area contributed by atoms with E-state index in [-0.39, 0.29) is 6.54 Å². The van der Waals surface area contributed by atoms with Crippen LogP contribution in [0.5, 0.6) is 0 Å². The lowest BCUT2D eigenvalue weighted by Crippen LogP contribution is -2.43. The van der Waals surface area contributed by atoms with Crippen molar-refractivity contribution in [1.29, 1.82) is 5.41 Å². The van der Waals surface area contributed by atoms with Crippen molar-refractivity contribution in [1.82, 2.24) is 4.90 Å². The summed E-state index contributed by atoms with van der Waals surface area (Å²) in [5.74, 6) is -2.10. The average Bonchev–Trinajstić information content (AvgIpc) is 2.60. The summed E-state index contributed by atoms with van der Waals surface area (Å²) in [4.78, 5) is 1.78. The van der Waals surface area contributed by atoms with Crippen molar-refractivity contribution in [3.63, 3.8) is 0 Å². The third-order valence-electron chi connectivity index (χ3n) is 3.28. The molecule has 1 aliphatic heterocycles. The van der Waals surface area contributed by atoms with Crippen LogP contribution >= 0.6 is 0 Å². The Morgan fingerprint density at radius 1 is 1.53 bits per heavy atom. The molecule has 1 saturated heterocycles. The molecule has 0 aliphatic carbocycles. The van der Waals surface area contributed by atoms with Gasteiger partial charge in [-0.15, -0.1) is 0 Å². The van der Waals surface area contributed by atoms with Gasteiger partial charge in [0.15, 0.2) is 0 Å². The molecule has 1 aliphatic rings. The first-order valence-electron chi connectivity index (χ1n) is 5.97. The Morgan fingerprint density at radius 3 is 2.65 bits per heavy atom. The van der Waals surface area contributed by atoms with Crippen LogP contribution in [0.4, 0.5) is 13.2 Å². The van der Waals surface area contributed by atoms with Crippen molar-refractivity contribution in [2.24, 2.45) is 17.6 Å². The molecule has 0 aromatic carbocycles. The minimum Gasteiger partial charge on any atom is -0.387 e. The van der Waals surface area contributed by atoms with Crippen LogP contribution < -0.4 is 5.73 Å². The van der Waals surface area contributed by atoms with Gasteiger partial charge in [0.25, 0.3) is 0 Å². The Hall–Kier alpha value is -0.780. The SMILES string of the molecule is CCCC1CCN(CC(C(=N)N)C(F)(F)F)C1. The van der Waals surface area contributed by atoms with Crippen LogP contribution in [-0.2, 0) is 0 Å². The highest BCUT2D eigenvalue weighted by atomic mass is 19.4. The molecule has 0 aromatic heterocycles. The molecule has 3 N–H and O–H groups in total. The molecule has 100 valence electrons.